The van der Waals surface area contributed by atoms with Gasteiger partial charge in [0.1, 0.15) is 6.04 Å². The van der Waals surface area contributed by atoms with Crippen molar-refractivity contribution < 1.29 is 9.59 Å². The van der Waals surface area contributed by atoms with E-state index in [2.05, 4.69) is 20.7 Å². The summed E-state index contributed by atoms with van der Waals surface area (Å²) in [5.74, 6) is 0.751. The molecule has 2 aromatic heterocycles. The van der Waals surface area contributed by atoms with Crippen LogP contribution in [0.1, 0.15) is 54.6 Å². The third kappa shape index (κ3) is 5.61. The van der Waals surface area contributed by atoms with Gasteiger partial charge in [-0.1, -0.05) is 12.1 Å². The molecule has 0 bridgehead atoms. The summed E-state index contributed by atoms with van der Waals surface area (Å²) in [5.41, 5.74) is 3.80. The average molecular weight is 499 g/mol. The van der Waals surface area contributed by atoms with E-state index in [-0.39, 0.29) is 17.9 Å². The van der Waals surface area contributed by atoms with E-state index in [0.29, 0.717) is 17.4 Å². The number of nitrogens with one attached hydrogen (secondary N) is 2. The number of rotatable bonds is 7. The van der Waals surface area contributed by atoms with Gasteiger partial charge in [-0.05, 0) is 57.2 Å². The summed E-state index contributed by atoms with van der Waals surface area (Å²) >= 11 is 0. The Morgan fingerprint density at radius 2 is 1.84 bits per heavy atom. The summed E-state index contributed by atoms with van der Waals surface area (Å²) in [5, 5.41) is 19.3. The Bertz CT molecular complexity index is 1330. The lowest BCUT2D eigenvalue weighted by Gasteiger charge is -2.32. The maximum absolute atomic E-state index is 12.3. The average Bonchev–Trinajstić information content (AvgIpc) is 3.67. The van der Waals surface area contributed by atoms with Crippen LogP contribution in [0.2, 0.25) is 0 Å². The van der Waals surface area contributed by atoms with E-state index < -0.39 is 6.04 Å². The molecule has 5 rings (SSSR count). The van der Waals surface area contributed by atoms with Crippen LogP contribution in [0.5, 0.6) is 0 Å². The van der Waals surface area contributed by atoms with Crippen molar-refractivity contribution in [2.24, 2.45) is 5.92 Å². The maximum atomic E-state index is 12.3. The van der Waals surface area contributed by atoms with E-state index in [1.807, 2.05) is 40.9 Å². The highest BCUT2D eigenvalue weighted by molar-refractivity contribution is 5.95. The third-order valence-corrected chi connectivity index (χ3v) is 6.87. The third-order valence-electron chi connectivity index (χ3n) is 6.87. The first-order chi connectivity index (χ1) is 17.9. The van der Waals surface area contributed by atoms with Crippen molar-refractivity contribution in [1.82, 2.24) is 30.0 Å². The van der Waals surface area contributed by atoms with Gasteiger partial charge in [0.25, 0.3) is 5.91 Å². The predicted molar refractivity (Wildman–Crippen MR) is 138 cm³/mol. The molecule has 1 atom stereocenters. The SMILES string of the molecule is Cc1cnc(Nc2cnn(C3CCN(C(=O)C4CC4)CC3)c2)nc1-c1ccc(C(=O)NC(C)C#N)cc1. The van der Waals surface area contributed by atoms with Crippen LogP contribution in [-0.4, -0.2) is 55.6 Å². The van der Waals surface area contributed by atoms with Gasteiger partial charge in [-0.15, -0.1) is 0 Å². The molecule has 3 heterocycles. The molecule has 1 saturated heterocycles. The first-order valence-electron chi connectivity index (χ1n) is 12.7. The highest BCUT2D eigenvalue weighted by Gasteiger charge is 2.35. The van der Waals surface area contributed by atoms with E-state index in [1.165, 1.54) is 0 Å². The van der Waals surface area contributed by atoms with Crippen molar-refractivity contribution in [3.63, 3.8) is 0 Å². The largest absolute Gasteiger partial charge is 0.342 e. The molecule has 2 amide bonds. The molecule has 2 aliphatic rings. The van der Waals surface area contributed by atoms with Gasteiger partial charge < -0.3 is 15.5 Å². The number of likely N-dealkylation sites (tertiary alicyclic amines) is 1. The van der Waals surface area contributed by atoms with Crippen LogP contribution in [0.4, 0.5) is 11.6 Å². The fraction of sp³-hybridized carbons (Fsp3) is 0.407. The Labute approximate surface area is 215 Å². The molecular formula is C27H30N8O2. The number of hydrogen-bond donors (Lipinski definition) is 2. The number of aryl methyl sites for hydroxylation is 1. The van der Waals surface area contributed by atoms with Gasteiger partial charge in [0.2, 0.25) is 11.9 Å². The topological polar surface area (TPSA) is 129 Å². The van der Waals surface area contributed by atoms with Gasteiger partial charge >= 0.3 is 0 Å². The second-order valence-corrected chi connectivity index (χ2v) is 9.79. The zero-order valence-electron chi connectivity index (χ0n) is 21.0. The number of benzene rings is 1. The minimum atomic E-state index is -0.557. The van der Waals surface area contributed by atoms with Gasteiger partial charge in [-0.3, -0.25) is 14.3 Å². The van der Waals surface area contributed by atoms with Crippen LogP contribution in [0.25, 0.3) is 11.3 Å². The number of nitrogens with zero attached hydrogens (tertiary/aromatic N) is 6. The Balaban J connectivity index is 1.23. The summed E-state index contributed by atoms with van der Waals surface area (Å²) < 4.78 is 1.97. The van der Waals surface area contributed by atoms with E-state index >= 15 is 0 Å². The zero-order valence-corrected chi connectivity index (χ0v) is 21.0. The second kappa shape index (κ2) is 10.4. The molecule has 190 valence electrons. The molecule has 10 heteroatoms. The first kappa shape index (κ1) is 24.4. The predicted octanol–water partition coefficient (Wildman–Crippen LogP) is 3.61. The van der Waals surface area contributed by atoms with Crippen molar-refractivity contribution in [2.45, 2.75) is 51.6 Å². The van der Waals surface area contributed by atoms with Crippen molar-refractivity contribution >= 4 is 23.5 Å². The van der Waals surface area contributed by atoms with Crippen LogP contribution < -0.4 is 10.6 Å². The minimum absolute atomic E-state index is 0.264. The number of carbonyl (C=O) groups is 2. The number of carbonyl (C=O) groups excluding carboxylic acids is 2. The Morgan fingerprint density at radius 1 is 1.11 bits per heavy atom. The van der Waals surface area contributed by atoms with Crippen molar-refractivity contribution in [2.75, 3.05) is 18.4 Å². The van der Waals surface area contributed by atoms with Crippen LogP contribution >= 0.6 is 0 Å². The Morgan fingerprint density at radius 3 is 2.51 bits per heavy atom. The number of nitriles is 1. The van der Waals surface area contributed by atoms with E-state index in [0.717, 1.165) is 61.3 Å². The standard InChI is InChI=1S/C27H30N8O2/c1-17-14-29-27(33-24(17)19-3-5-20(6-4-19)25(36)31-18(2)13-28)32-22-15-30-35(16-22)23-9-11-34(12-10-23)26(37)21-7-8-21/h3-6,14-16,18,21,23H,7-12H2,1-2H3,(H,31,36)(H,29,32,33). The highest BCUT2D eigenvalue weighted by Crippen LogP contribution is 2.33. The normalized spacial score (nSPS) is 16.6. The number of amides is 2. The van der Waals surface area contributed by atoms with Gasteiger partial charge in [-0.25, -0.2) is 9.97 Å². The van der Waals surface area contributed by atoms with Gasteiger partial charge in [0, 0.05) is 42.5 Å². The number of hydrogen-bond acceptors (Lipinski definition) is 7. The minimum Gasteiger partial charge on any atom is -0.342 e. The summed E-state index contributed by atoms with van der Waals surface area (Å²) in [6, 6.07) is 8.81. The monoisotopic (exact) mass is 498 g/mol. The Kier molecular flexibility index (Phi) is 6.86. The Hall–Kier alpha value is -4.26. The second-order valence-electron chi connectivity index (χ2n) is 9.79. The van der Waals surface area contributed by atoms with Gasteiger partial charge in [-0.2, -0.15) is 10.4 Å². The lowest BCUT2D eigenvalue weighted by atomic mass is 10.0. The number of aromatic nitrogens is 4. The van der Waals surface area contributed by atoms with E-state index in [9.17, 15) is 9.59 Å². The summed E-state index contributed by atoms with van der Waals surface area (Å²) in [6.07, 6.45) is 9.36. The lowest BCUT2D eigenvalue weighted by molar-refractivity contribution is -0.133. The van der Waals surface area contributed by atoms with Gasteiger partial charge in [0.15, 0.2) is 0 Å². The fourth-order valence-electron chi connectivity index (χ4n) is 4.56. The molecule has 1 aliphatic carbocycles. The van der Waals surface area contributed by atoms with Crippen molar-refractivity contribution in [1.29, 1.82) is 5.26 Å². The van der Waals surface area contributed by atoms with Crippen LogP contribution in [0.15, 0.2) is 42.9 Å². The lowest BCUT2D eigenvalue weighted by Crippen LogP contribution is -2.39. The first-order valence-corrected chi connectivity index (χ1v) is 12.7. The van der Waals surface area contributed by atoms with Gasteiger partial charge in [0.05, 0.1) is 29.7 Å². The molecule has 37 heavy (non-hydrogen) atoms. The molecule has 2 fully saturated rings. The molecule has 3 aromatic rings. The maximum Gasteiger partial charge on any atom is 0.252 e. The molecule has 1 aliphatic heterocycles. The summed E-state index contributed by atoms with van der Waals surface area (Å²) in [6.45, 7) is 5.14. The smallest absolute Gasteiger partial charge is 0.252 e. The molecule has 0 radical (unpaired) electrons. The molecule has 1 saturated carbocycles. The molecule has 1 aromatic carbocycles. The zero-order chi connectivity index (χ0) is 25.9. The van der Waals surface area contributed by atoms with Crippen LogP contribution in [-0.2, 0) is 4.79 Å². The molecule has 2 N–H and O–H groups in total. The number of piperidine rings is 1. The van der Waals surface area contributed by atoms with E-state index in [1.54, 1.807) is 31.5 Å². The van der Waals surface area contributed by atoms with Crippen LogP contribution in [0, 0.1) is 24.2 Å². The molecular weight excluding hydrogens is 468 g/mol. The highest BCUT2D eigenvalue weighted by atomic mass is 16.2. The molecule has 1 unspecified atom stereocenters. The molecule has 0 spiro atoms. The fourth-order valence-corrected chi connectivity index (χ4v) is 4.56. The molecule has 10 nitrogen and oxygen atoms in total. The van der Waals surface area contributed by atoms with Crippen LogP contribution in [0.3, 0.4) is 0 Å². The van der Waals surface area contributed by atoms with E-state index in [4.69, 9.17) is 10.2 Å². The quantitative estimate of drug-likeness (QED) is 0.509. The van der Waals surface area contributed by atoms with Crippen molar-refractivity contribution in [3.05, 3.63) is 54.0 Å². The van der Waals surface area contributed by atoms with Crippen molar-refractivity contribution in [3.8, 4) is 17.3 Å². The summed E-state index contributed by atoms with van der Waals surface area (Å²) in [7, 11) is 0. The number of anilines is 2. The summed E-state index contributed by atoms with van der Waals surface area (Å²) in [4.78, 5) is 35.7.